The molecular formula is C12H26N2O. The molecule has 0 saturated carbocycles. The van der Waals surface area contributed by atoms with Crippen molar-refractivity contribution in [3.8, 4) is 0 Å². The molecule has 1 saturated heterocycles. The average Bonchev–Trinajstić information content (AvgIpc) is 2.51. The Morgan fingerprint density at radius 1 is 1.47 bits per heavy atom. The van der Waals surface area contributed by atoms with Crippen molar-refractivity contribution >= 4 is 0 Å². The van der Waals surface area contributed by atoms with Crippen LogP contribution in [0.2, 0.25) is 0 Å². The van der Waals surface area contributed by atoms with Crippen LogP contribution in [-0.2, 0) is 0 Å². The number of nitrogens with two attached hydrogens (primary N) is 1. The fourth-order valence-corrected chi connectivity index (χ4v) is 2.49. The van der Waals surface area contributed by atoms with Gasteiger partial charge in [0.1, 0.15) is 0 Å². The number of likely N-dealkylation sites (tertiary alicyclic amines) is 1. The largest absolute Gasteiger partial charge is 0.395 e. The zero-order valence-corrected chi connectivity index (χ0v) is 10.3. The van der Waals surface area contributed by atoms with E-state index in [1.165, 1.54) is 6.42 Å². The van der Waals surface area contributed by atoms with E-state index in [2.05, 4.69) is 25.7 Å². The zero-order valence-electron chi connectivity index (χ0n) is 10.3. The summed E-state index contributed by atoms with van der Waals surface area (Å²) in [6.07, 6.45) is 2.24. The van der Waals surface area contributed by atoms with Crippen LogP contribution in [0.1, 0.15) is 33.6 Å². The summed E-state index contributed by atoms with van der Waals surface area (Å²) in [7, 11) is 0. The highest BCUT2D eigenvalue weighted by Crippen LogP contribution is 2.20. The van der Waals surface area contributed by atoms with Gasteiger partial charge >= 0.3 is 0 Å². The lowest BCUT2D eigenvalue weighted by Gasteiger charge is -2.32. The molecule has 1 heterocycles. The number of rotatable bonds is 5. The summed E-state index contributed by atoms with van der Waals surface area (Å²) in [5, 5.41) is 9.43. The van der Waals surface area contributed by atoms with Gasteiger partial charge in [-0.2, -0.15) is 0 Å². The molecule has 0 amide bonds. The van der Waals surface area contributed by atoms with E-state index in [1.54, 1.807) is 0 Å². The molecule has 3 heteroatoms. The highest BCUT2D eigenvalue weighted by molar-refractivity contribution is 4.86. The van der Waals surface area contributed by atoms with Crippen molar-refractivity contribution in [1.29, 1.82) is 0 Å². The molecule has 3 nitrogen and oxygen atoms in total. The summed E-state index contributed by atoms with van der Waals surface area (Å²) < 4.78 is 0. The molecule has 1 fully saturated rings. The first-order chi connectivity index (χ1) is 7.04. The van der Waals surface area contributed by atoms with Gasteiger partial charge in [0.05, 0.1) is 6.61 Å². The second kappa shape index (κ2) is 5.83. The van der Waals surface area contributed by atoms with Gasteiger partial charge < -0.3 is 10.8 Å². The van der Waals surface area contributed by atoms with E-state index >= 15 is 0 Å². The van der Waals surface area contributed by atoms with Crippen LogP contribution in [0, 0.1) is 11.8 Å². The van der Waals surface area contributed by atoms with Gasteiger partial charge in [0.15, 0.2) is 0 Å². The van der Waals surface area contributed by atoms with Crippen molar-refractivity contribution in [2.45, 2.75) is 45.7 Å². The first-order valence-electron chi connectivity index (χ1n) is 6.15. The maximum atomic E-state index is 9.43. The normalized spacial score (nSPS) is 27.2. The summed E-state index contributed by atoms with van der Waals surface area (Å²) in [6.45, 7) is 9.01. The molecule has 1 aliphatic rings. The molecule has 0 radical (unpaired) electrons. The second-order valence-electron chi connectivity index (χ2n) is 5.43. The van der Waals surface area contributed by atoms with Crippen molar-refractivity contribution in [2.75, 3.05) is 19.7 Å². The first kappa shape index (κ1) is 12.9. The number of hydrogen-bond donors (Lipinski definition) is 2. The van der Waals surface area contributed by atoms with E-state index < -0.39 is 0 Å². The van der Waals surface area contributed by atoms with Gasteiger partial charge in [0, 0.05) is 18.6 Å². The van der Waals surface area contributed by atoms with Gasteiger partial charge in [-0.3, -0.25) is 4.90 Å². The number of aliphatic hydroxyl groups is 1. The highest BCUT2D eigenvalue weighted by atomic mass is 16.3. The minimum Gasteiger partial charge on any atom is -0.395 e. The van der Waals surface area contributed by atoms with Gasteiger partial charge in [0.25, 0.3) is 0 Å². The molecule has 0 aromatic carbocycles. The molecule has 0 bridgehead atoms. The van der Waals surface area contributed by atoms with Crippen LogP contribution in [0.4, 0.5) is 0 Å². The Hall–Kier alpha value is -0.120. The fraction of sp³-hybridized carbons (Fsp3) is 1.00. The van der Waals surface area contributed by atoms with E-state index in [-0.39, 0.29) is 18.7 Å². The quantitative estimate of drug-likeness (QED) is 0.719. The predicted octanol–water partition coefficient (Wildman–Crippen LogP) is 1.06. The molecule has 1 rings (SSSR count). The topological polar surface area (TPSA) is 49.5 Å². The monoisotopic (exact) mass is 214 g/mol. The third-order valence-electron chi connectivity index (χ3n) is 3.35. The molecule has 0 aromatic rings. The molecule has 90 valence electrons. The van der Waals surface area contributed by atoms with Crippen LogP contribution < -0.4 is 5.73 Å². The standard InChI is InChI=1S/C12H26N2O/c1-9(2)6-11(13)12(8-15)14-5-4-10(3)7-14/h9-12,15H,4-8,13H2,1-3H3. The van der Waals surface area contributed by atoms with Crippen molar-refractivity contribution in [2.24, 2.45) is 17.6 Å². The van der Waals surface area contributed by atoms with Gasteiger partial charge in [0.2, 0.25) is 0 Å². The number of aliphatic hydroxyl groups excluding tert-OH is 1. The van der Waals surface area contributed by atoms with Crippen LogP contribution in [0.15, 0.2) is 0 Å². The van der Waals surface area contributed by atoms with E-state index in [0.29, 0.717) is 5.92 Å². The Morgan fingerprint density at radius 3 is 2.53 bits per heavy atom. The van der Waals surface area contributed by atoms with E-state index in [4.69, 9.17) is 5.73 Å². The van der Waals surface area contributed by atoms with Crippen molar-refractivity contribution in [3.05, 3.63) is 0 Å². The van der Waals surface area contributed by atoms with Gasteiger partial charge in [-0.1, -0.05) is 20.8 Å². The summed E-state index contributed by atoms with van der Waals surface area (Å²) in [4.78, 5) is 2.36. The highest BCUT2D eigenvalue weighted by Gasteiger charge is 2.29. The molecule has 15 heavy (non-hydrogen) atoms. The SMILES string of the molecule is CC(C)CC(N)C(CO)N1CCC(C)C1. The lowest BCUT2D eigenvalue weighted by Crippen LogP contribution is -2.49. The lowest BCUT2D eigenvalue weighted by atomic mass is 9.98. The minimum absolute atomic E-state index is 0.111. The van der Waals surface area contributed by atoms with E-state index in [9.17, 15) is 5.11 Å². The Morgan fingerprint density at radius 2 is 2.13 bits per heavy atom. The number of nitrogens with zero attached hydrogens (tertiary/aromatic N) is 1. The molecule has 3 unspecified atom stereocenters. The van der Waals surface area contributed by atoms with Crippen molar-refractivity contribution in [3.63, 3.8) is 0 Å². The predicted molar refractivity (Wildman–Crippen MR) is 63.7 cm³/mol. The lowest BCUT2D eigenvalue weighted by molar-refractivity contribution is 0.116. The summed E-state index contributed by atoms with van der Waals surface area (Å²) in [5.74, 6) is 1.36. The fourth-order valence-electron chi connectivity index (χ4n) is 2.49. The minimum atomic E-state index is 0.111. The van der Waals surface area contributed by atoms with Crippen LogP contribution in [0.25, 0.3) is 0 Å². The average molecular weight is 214 g/mol. The van der Waals surface area contributed by atoms with Crippen LogP contribution >= 0.6 is 0 Å². The van der Waals surface area contributed by atoms with Gasteiger partial charge in [-0.25, -0.2) is 0 Å². The van der Waals surface area contributed by atoms with Gasteiger partial charge in [-0.15, -0.1) is 0 Å². The smallest absolute Gasteiger partial charge is 0.0601 e. The summed E-state index contributed by atoms with van der Waals surface area (Å²) in [6, 6.07) is 0.276. The van der Waals surface area contributed by atoms with Crippen LogP contribution in [0.5, 0.6) is 0 Å². The first-order valence-corrected chi connectivity index (χ1v) is 6.15. The molecule has 3 atom stereocenters. The third kappa shape index (κ3) is 3.74. The number of hydrogen-bond acceptors (Lipinski definition) is 3. The third-order valence-corrected chi connectivity index (χ3v) is 3.35. The molecule has 1 aliphatic heterocycles. The molecule has 0 aromatic heterocycles. The maximum Gasteiger partial charge on any atom is 0.0601 e. The molecular weight excluding hydrogens is 188 g/mol. The summed E-state index contributed by atoms with van der Waals surface area (Å²) >= 11 is 0. The van der Waals surface area contributed by atoms with Crippen molar-refractivity contribution in [1.82, 2.24) is 4.90 Å². The van der Waals surface area contributed by atoms with Gasteiger partial charge in [-0.05, 0) is 31.2 Å². The molecule has 3 N–H and O–H groups in total. The Kier molecular flexibility index (Phi) is 5.03. The van der Waals surface area contributed by atoms with E-state index in [1.807, 2.05) is 0 Å². The van der Waals surface area contributed by atoms with Crippen molar-refractivity contribution < 1.29 is 5.11 Å². The Balaban J connectivity index is 2.47. The Bertz CT molecular complexity index is 184. The van der Waals surface area contributed by atoms with Crippen LogP contribution in [0.3, 0.4) is 0 Å². The zero-order chi connectivity index (χ0) is 11.4. The van der Waals surface area contributed by atoms with Crippen LogP contribution in [-0.4, -0.2) is 41.8 Å². The Labute approximate surface area is 93.6 Å². The van der Waals surface area contributed by atoms with E-state index in [0.717, 1.165) is 25.4 Å². The molecule has 0 spiro atoms. The maximum absolute atomic E-state index is 9.43. The summed E-state index contributed by atoms with van der Waals surface area (Å²) in [5.41, 5.74) is 6.15. The second-order valence-corrected chi connectivity index (χ2v) is 5.43. The molecule has 0 aliphatic carbocycles.